The molecule has 0 amide bonds. The van der Waals surface area contributed by atoms with Crippen molar-refractivity contribution in [2.24, 2.45) is 0 Å². The number of thiophene rings is 2. The third-order valence-corrected chi connectivity index (χ3v) is 21.7. The summed E-state index contributed by atoms with van der Waals surface area (Å²) in [6, 6.07) is 93.5. The molecule has 0 unspecified atom stereocenters. The molecule has 18 aromatic carbocycles. The van der Waals surface area contributed by atoms with Crippen molar-refractivity contribution < 1.29 is 0 Å². The predicted octanol–water partition coefficient (Wildman–Crippen LogP) is 24.1. The molecule has 0 saturated carbocycles. The van der Waals surface area contributed by atoms with Crippen LogP contribution in [0.4, 0.5) is 0 Å². The maximum atomic E-state index is 2.50. The average molecular weight is 1070 g/mol. The number of hydrogen-bond acceptors (Lipinski definition) is 2. The smallest absolute Gasteiger partial charge is 0.0355 e. The Morgan fingerprint density at radius 2 is 0.561 bits per heavy atom. The summed E-state index contributed by atoms with van der Waals surface area (Å²) in [7, 11) is 0. The fourth-order valence-corrected chi connectivity index (χ4v) is 18.5. The van der Waals surface area contributed by atoms with E-state index in [0.29, 0.717) is 0 Å². The highest BCUT2D eigenvalue weighted by Gasteiger charge is 2.34. The van der Waals surface area contributed by atoms with Crippen LogP contribution in [-0.2, 0) is 0 Å². The van der Waals surface area contributed by atoms with E-state index in [-0.39, 0.29) is 0 Å². The van der Waals surface area contributed by atoms with Gasteiger partial charge in [-0.25, -0.2) is 0 Å². The van der Waals surface area contributed by atoms with Crippen LogP contribution in [-0.4, -0.2) is 0 Å². The zero-order valence-corrected chi connectivity index (χ0v) is 45.5. The molecule has 21 rings (SSSR count). The number of fused-ring (bicyclic) bond motifs is 21. The van der Waals surface area contributed by atoms with E-state index in [1.54, 1.807) is 0 Å². The monoisotopic (exact) mass is 1060 g/mol. The number of benzene rings is 16. The van der Waals surface area contributed by atoms with E-state index in [1.807, 2.05) is 22.7 Å². The van der Waals surface area contributed by atoms with Crippen LogP contribution in [0.1, 0.15) is 0 Å². The zero-order chi connectivity index (χ0) is 52.8. The van der Waals surface area contributed by atoms with E-state index in [4.69, 9.17) is 0 Å². The van der Waals surface area contributed by atoms with Gasteiger partial charge in [0.1, 0.15) is 0 Å². The van der Waals surface area contributed by atoms with Crippen LogP contribution >= 0.6 is 22.7 Å². The summed E-state index contributed by atoms with van der Waals surface area (Å²) in [4.78, 5) is 0. The molecule has 0 nitrogen and oxygen atoms in total. The molecule has 0 atom stereocenters. The molecule has 372 valence electrons. The van der Waals surface area contributed by atoms with Crippen LogP contribution in [0.15, 0.2) is 243 Å². The Balaban J connectivity index is 0.908. The predicted molar refractivity (Wildman–Crippen MR) is 359 cm³/mol. The van der Waals surface area contributed by atoms with Gasteiger partial charge in [-0.3, -0.25) is 0 Å². The molecule has 2 heterocycles. The van der Waals surface area contributed by atoms with Crippen molar-refractivity contribution in [2.75, 3.05) is 0 Å². The molecule has 0 bridgehead atoms. The SMILES string of the molecule is c1ccc(-c2c3cc4ccccc4c4c5ccccc5c(c5c6ccc7c8ccc9c%10c(ccc(c%11ccc(c25)c6c%117)c%108)-c2c-9c(-c5ccc6sc7ccccc7c6c5)c5ccccc5c2-c2ccc5sc6ccccc6c5c2)c34)cc1. The van der Waals surface area contributed by atoms with E-state index < -0.39 is 0 Å². The van der Waals surface area contributed by atoms with E-state index in [9.17, 15) is 0 Å². The van der Waals surface area contributed by atoms with Gasteiger partial charge in [0, 0.05) is 40.3 Å². The second-order valence-corrected chi connectivity index (χ2v) is 25.3. The van der Waals surface area contributed by atoms with Crippen molar-refractivity contribution in [3.8, 4) is 55.6 Å². The molecular weight excluding hydrogens is 1030 g/mol. The Morgan fingerprint density at radius 1 is 0.171 bits per heavy atom. The first-order valence-corrected chi connectivity index (χ1v) is 30.2. The Hall–Kier alpha value is -9.96. The number of hydrogen-bond donors (Lipinski definition) is 0. The van der Waals surface area contributed by atoms with Crippen LogP contribution in [0.25, 0.3) is 214 Å². The van der Waals surface area contributed by atoms with Crippen LogP contribution in [0, 0.1) is 0 Å². The van der Waals surface area contributed by atoms with Gasteiger partial charge in [-0.1, -0.05) is 200 Å². The van der Waals surface area contributed by atoms with Crippen molar-refractivity contribution >= 4 is 182 Å². The highest BCUT2D eigenvalue weighted by molar-refractivity contribution is 7.26. The lowest BCUT2D eigenvalue weighted by molar-refractivity contribution is 1.66. The van der Waals surface area contributed by atoms with Crippen LogP contribution in [0.5, 0.6) is 0 Å². The minimum Gasteiger partial charge on any atom is -0.135 e. The zero-order valence-electron chi connectivity index (χ0n) is 43.9. The molecule has 0 aliphatic heterocycles. The van der Waals surface area contributed by atoms with Gasteiger partial charge in [-0.05, 0) is 217 Å². The Bertz CT molecular complexity index is 6080. The van der Waals surface area contributed by atoms with Gasteiger partial charge in [0.05, 0.1) is 0 Å². The van der Waals surface area contributed by atoms with Gasteiger partial charge in [0.15, 0.2) is 0 Å². The van der Waals surface area contributed by atoms with Crippen LogP contribution in [0.3, 0.4) is 0 Å². The summed E-state index contributed by atoms with van der Waals surface area (Å²) >= 11 is 3.78. The molecule has 20 aromatic rings. The molecule has 2 aromatic heterocycles. The first kappa shape index (κ1) is 42.9. The van der Waals surface area contributed by atoms with Gasteiger partial charge in [0.25, 0.3) is 0 Å². The summed E-state index contributed by atoms with van der Waals surface area (Å²) in [5.74, 6) is 0. The van der Waals surface area contributed by atoms with Gasteiger partial charge in [-0.2, -0.15) is 0 Å². The fraction of sp³-hybridized carbons (Fsp3) is 0. The Kier molecular flexibility index (Phi) is 7.89. The average Bonchev–Trinajstić information content (AvgIpc) is 1.66. The summed E-state index contributed by atoms with van der Waals surface area (Å²) in [5, 5.41) is 34.7. The molecule has 0 saturated heterocycles. The van der Waals surface area contributed by atoms with Gasteiger partial charge >= 0.3 is 0 Å². The Labute approximate surface area is 476 Å². The second kappa shape index (κ2) is 15.1. The van der Waals surface area contributed by atoms with Crippen molar-refractivity contribution in [1.82, 2.24) is 0 Å². The molecule has 0 radical (unpaired) electrons. The standard InChI is InChI=1S/C80H40S2/c1-2-14-41(15-3-1)67-62-38-42-16-4-5-17-45(42)70-50-22-8-9-23-51(50)75(80(62)70)79-59-35-31-55-53-30-34-58-73-57(33-29-52(71(53)73)54-28-32-56(76(67)79)74(59)72(54)55)77-68(43-26-36-65-60(39-43)46-18-10-12-24-63(46)81-65)48-20-6-7-21-49(48)69(78(58)77)44-27-37-66-61(40-44)47-19-11-13-25-64(47)82-66/h1-40H. The van der Waals surface area contributed by atoms with Gasteiger partial charge in [-0.15, -0.1) is 22.7 Å². The maximum absolute atomic E-state index is 2.50. The lowest BCUT2D eigenvalue weighted by Crippen LogP contribution is -1.93. The van der Waals surface area contributed by atoms with Crippen LogP contribution < -0.4 is 0 Å². The third kappa shape index (κ3) is 5.13. The third-order valence-electron chi connectivity index (χ3n) is 19.4. The van der Waals surface area contributed by atoms with Crippen molar-refractivity contribution in [3.05, 3.63) is 243 Å². The molecular formula is C80H40S2. The fourth-order valence-electron chi connectivity index (χ4n) is 16.3. The second-order valence-electron chi connectivity index (χ2n) is 23.1. The lowest BCUT2D eigenvalue weighted by atomic mass is 9.82. The summed E-state index contributed by atoms with van der Waals surface area (Å²) in [6.45, 7) is 0. The number of rotatable bonds is 3. The van der Waals surface area contributed by atoms with Gasteiger partial charge < -0.3 is 0 Å². The molecule has 1 aliphatic carbocycles. The van der Waals surface area contributed by atoms with Crippen molar-refractivity contribution in [2.45, 2.75) is 0 Å². The molecule has 82 heavy (non-hydrogen) atoms. The molecule has 1 aliphatic rings. The van der Waals surface area contributed by atoms with Crippen molar-refractivity contribution in [3.63, 3.8) is 0 Å². The quantitative estimate of drug-likeness (QED) is 0.122. The summed E-state index contributed by atoms with van der Waals surface area (Å²) in [6.07, 6.45) is 0. The summed E-state index contributed by atoms with van der Waals surface area (Å²) in [5.41, 5.74) is 13.0. The largest absolute Gasteiger partial charge is 0.135 e. The lowest BCUT2D eigenvalue weighted by Gasteiger charge is -2.20. The normalized spacial score (nSPS) is 12.9. The first-order valence-electron chi connectivity index (χ1n) is 28.6. The minimum atomic E-state index is 1.26. The van der Waals surface area contributed by atoms with E-state index in [1.165, 1.54) is 214 Å². The minimum absolute atomic E-state index is 1.26. The molecule has 2 heteroatoms. The summed E-state index contributed by atoms with van der Waals surface area (Å²) < 4.78 is 5.30. The highest BCUT2D eigenvalue weighted by Crippen LogP contribution is 2.62. The molecule has 0 spiro atoms. The Morgan fingerprint density at radius 3 is 1.16 bits per heavy atom. The van der Waals surface area contributed by atoms with Crippen LogP contribution in [0.2, 0.25) is 0 Å². The van der Waals surface area contributed by atoms with E-state index in [2.05, 4.69) is 243 Å². The van der Waals surface area contributed by atoms with Crippen molar-refractivity contribution in [1.29, 1.82) is 0 Å². The van der Waals surface area contributed by atoms with E-state index in [0.717, 1.165) is 0 Å². The first-order chi connectivity index (χ1) is 40.7. The van der Waals surface area contributed by atoms with E-state index >= 15 is 0 Å². The van der Waals surface area contributed by atoms with Gasteiger partial charge in [0.2, 0.25) is 0 Å². The highest BCUT2D eigenvalue weighted by atomic mass is 32.1. The molecule has 0 N–H and O–H groups in total. The molecule has 0 fully saturated rings. The topological polar surface area (TPSA) is 0 Å². The maximum Gasteiger partial charge on any atom is 0.0355 e.